The lowest BCUT2D eigenvalue weighted by Gasteiger charge is -2.16. The minimum absolute atomic E-state index is 0.0633. The van der Waals surface area contributed by atoms with Crippen molar-refractivity contribution in [3.05, 3.63) is 71.3 Å². The third kappa shape index (κ3) is 4.07. The molecule has 0 radical (unpaired) electrons. The van der Waals surface area contributed by atoms with Gasteiger partial charge in [0, 0.05) is 18.4 Å². The zero-order chi connectivity index (χ0) is 19.3. The number of benzene rings is 2. The number of carbonyl (C=O) groups excluding carboxylic acids is 1. The van der Waals surface area contributed by atoms with Crippen molar-refractivity contribution < 1.29 is 18.4 Å². The van der Waals surface area contributed by atoms with E-state index in [1.54, 1.807) is 41.3 Å². The Hall–Kier alpha value is -3.13. The molecule has 1 aliphatic heterocycles. The molecule has 0 atom stereocenters. The number of carbonyl (C=O) groups is 1. The lowest BCUT2D eigenvalue weighted by atomic mass is 10.2. The predicted octanol–water partition coefficient (Wildman–Crippen LogP) is 3.83. The summed E-state index contributed by atoms with van der Waals surface area (Å²) in [6.07, 6.45) is 1.63. The zero-order valence-corrected chi connectivity index (χ0v) is 15.6. The smallest absolute Gasteiger partial charge is 0.265 e. The average molecular weight is 397 g/mol. The molecule has 1 aromatic heterocycles. The van der Waals surface area contributed by atoms with Crippen molar-refractivity contribution in [1.29, 1.82) is 0 Å². The Balaban J connectivity index is 1.46. The maximum absolute atomic E-state index is 13.9. The van der Waals surface area contributed by atoms with Crippen LogP contribution in [0.2, 0.25) is 0 Å². The monoisotopic (exact) mass is 397 g/mol. The van der Waals surface area contributed by atoms with E-state index in [4.69, 9.17) is 9.26 Å². The van der Waals surface area contributed by atoms with E-state index in [-0.39, 0.29) is 29.8 Å². The van der Waals surface area contributed by atoms with E-state index < -0.39 is 5.82 Å². The highest BCUT2D eigenvalue weighted by atomic mass is 32.2. The van der Waals surface area contributed by atoms with Gasteiger partial charge in [-0.2, -0.15) is 4.98 Å². The van der Waals surface area contributed by atoms with Crippen molar-refractivity contribution in [2.75, 3.05) is 18.9 Å². The molecule has 2 heterocycles. The normalized spacial score (nSPS) is 15.2. The van der Waals surface area contributed by atoms with Crippen LogP contribution in [0.1, 0.15) is 5.89 Å². The van der Waals surface area contributed by atoms with Gasteiger partial charge in [0.2, 0.25) is 5.82 Å². The molecule has 0 aliphatic carbocycles. The number of thioether (sulfide) groups is 1. The first-order chi connectivity index (χ1) is 13.7. The molecule has 0 spiro atoms. The summed E-state index contributed by atoms with van der Waals surface area (Å²) in [6.45, 7) is 0.508. The van der Waals surface area contributed by atoms with Gasteiger partial charge in [-0.1, -0.05) is 35.5 Å². The van der Waals surface area contributed by atoms with Gasteiger partial charge in [0.05, 0.1) is 10.6 Å². The lowest BCUT2D eigenvalue weighted by Crippen LogP contribution is -2.31. The molecule has 1 amide bonds. The van der Waals surface area contributed by atoms with Crippen LogP contribution in [0.4, 0.5) is 4.39 Å². The van der Waals surface area contributed by atoms with Gasteiger partial charge in [0.1, 0.15) is 11.6 Å². The summed E-state index contributed by atoms with van der Waals surface area (Å²) in [4.78, 5) is 18.4. The second-order valence-corrected chi connectivity index (χ2v) is 7.03. The lowest BCUT2D eigenvalue weighted by molar-refractivity contribution is -0.130. The standard InChI is InChI=1S/C20H16FN3O3S/c21-16-9-5-4-8-15(16)20-22-17(27-23-20)12-19-24(10-11-28-19)18(25)13-26-14-6-2-1-3-7-14/h1-9,12H,10-11,13H2/b19-12+. The molecule has 6 nitrogen and oxygen atoms in total. The Morgan fingerprint density at radius 1 is 1.21 bits per heavy atom. The SMILES string of the molecule is O=C(COc1ccccc1)N1CCS/C1=C/c1nc(-c2ccccc2F)no1. The van der Waals surface area contributed by atoms with Crippen LogP contribution in [-0.2, 0) is 4.79 Å². The van der Waals surface area contributed by atoms with Crippen molar-refractivity contribution >= 4 is 23.7 Å². The molecule has 1 fully saturated rings. The summed E-state index contributed by atoms with van der Waals surface area (Å²) in [5.41, 5.74) is 0.263. The Morgan fingerprint density at radius 2 is 2.00 bits per heavy atom. The fraction of sp³-hybridized carbons (Fsp3) is 0.150. The number of ether oxygens (including phenoxy) is 1. The fourth-order valence-corrected chi connectivity index (χ4v) is 3.70. The van der Waals surface area contributed by atoms with Crippen LogP contribution in [0.15, 0.2) is 64.1 Å². The fourth-order valence-electron chi connectivity index (χ4n) is 2.69. The Kier molecular flexibility index (Phi) is 5.38. The van der Waals surface area contributed by atoms with Crippen molar-refractivity contribution in [2.45, 2.75) is 0 Å². The predicted molar refractivity (Wildman–Crippen MR) is 104 cm³/mol. The number of para-hydroxylation sites is 1. The highest BCUT2D eigenvalue weighted by Gasteiger charge is 2.25. The second-order valence-electron chi connectivity index (χ2n) is 5.91. The molecule has 0 saturated carbocycles. The van der Waals surface area contributed by atoms with Crippen LogP contribution in [0.25, 0.3) is 17.5 Å². The molecule has 28 heavy (non-hydrogen) atoms. The molecule has 0 N–H and O–H groups in total. The first kappa shape index (κ1) is 18.2. The van der Waals surface area contributed by atoms with Crippen molar-refractivity contribution in [2.24, 2.45) is 0 Å². The van der Waals surface area contributed by atoms with E-state index >= 15 is 0 Å². The summed E-state index contributed by atoms with van der Waals surface area (Å²) >= 11 is 1.51. The Morgan fingerprint density at radius 3 is 2.82 bits per heavy atom. The van der Waals surface area contributed by atoms with Crippen molar-refractivity contribution in [1.82, 2.24) is 15.0 Å². The van der Waals surface area contributed by atoms with Crippen LogP contribution in [0, 0.1) is 5.82 Å². The van der Waals surface area contributed by atoms with Crippen LogP contribution >= 0.6 is 11.8 Å². The molecule has 8 heteroatoms. The highest BCUT2D eigenvalue weighted by Crippen LogP contribution is 2.30. The number of nitrogens with zero attached hydrogens (tertiary/aromatic N) is 3. The van der Waals surface area contributed by atoms with Crippen LogP contribution in [0.5, 0.6) is 5.75 Å². The van der Waals surface area contributed by atoms with E-state index in [0.717, 1.165) is 5.75 Å². The van der Waals surface area contributed by atoms with Gasteiger partial charge in [-0.3, -0.25) is 4.79 Å². The second kappa shape index (κ2) is 8.26. The van der Waals surface area contributed by atoms with Crippen LogP contribution in [0.3, 0.4) is 0 Å². The first-order valence-electron chi connectivity index (χ1n) is 8.62. The van der Waals surface area contributed by atoms with Crippen molar-refractivity contribution in [3.8, 4) is 17.1 Å². The van der Waals surface area contributed by atoms with E-state index in [9.17, 15) is 9.18 Å². The van der Waals surface area contributed by atoms with E-state index in [1.165, 1.54) is 17.8 Å². The first-order valence-corrected chi connectivity index (χ1v) is 9.60. The summed E-state index contributed by atoms with van der Waals surface area (Å²) in [7, 11) is 0. The summed E-state index contributed by atoms with van der Waals surface area (Å²) in [5, 5.41) is 4.53. The van der Waals surface area contributed by atoms with Gasteiger partial charge < -0.3 is 14.2 Å². The molecule has 4 rings (SSSR count). The van der Waals surface area contributed by atoms with Gasteiger partial charge in [-0.05, 0) is 24.3 Å². The van der Waals surface area contributed by atoms with Gasteiger partial charge in [0.25, 0.3) is 11.8 Å². The van der Waals surface area contributed by atoms with Gasteiger partial charge in [0.15, 0.2) is 6.61 Å². The Labute approximate surface area is 165 Å². The number of rotatable bonds is 5. The number of hydrogen-bond acceptors (Lipinski definition) is 6. The Bertz CT molecular complexity index is 1010. The van der Waals surface area contributed by atoms with Gasteiger partial charge in [-0.25, -0.2) is 4.39 Å². The summed E-state index contributed by atoms with van der Waals surface area (Å²) in [5.74, 6) is 1.20. The van der Waals surface area contributed by atoms with E-state index in [2.05, 4.69) is 10.1 Å². The molecule has 2 aromatic carbocycles. The number of amides is 1. The van der Waals surface area contributed by atoms with Gasteiger partial charge >= 0.3 is 0 Å². The van der Waals surface area contributed by atoms with Crippen LogP contribution < -0.4 is 4.74 Å². The minimum Gasteiger partial charge on any atom is -0.484 e. The van der Waals surface area contributed by atoms with Crippen LogP contribution in [-0.4, -0.2) is 39.9 Å². The maximum Gasteiger partial charge on any atom is 0.265 e. The quantitative estimate of drug-likeness (QED) is 0.652. The average Bonchev–Trinajstić information content (AvgIpc) is 3.37. The molecule has 142 valence electrons. The highest BCUT2D eigenvalue weighted by molar-refractivity contribution is 8.03. The van der Waals surface area contributed by atoms with E-state index in [1.807, 2.05) is 18.2 Å². The third-order valence-electron chi connectivity index (χ3n) is 4.04. The topological polar surface area (TPSA) is 68.5 Å². The molecule has 1 saturated heterocycles. The molecule has 0 unspecified atom stereocenters. The summed E-state index contributed by atoms with van der Waals surface area (Å²) in [6, 6.07) is 15.4. The number of halogens is 1. The largest absolute Gasteiger partial charge is 0.484 e. The number of aromatic nitrogens is 2. The maximum atomic E-state index is 13.9. The zero-order valence-electron chi connectivity index (χ0n) is 14.7. The van der Waals surface area contributed by atoms with Crippen molar-refractivity contribution in [3.63, 3.8) is 0 Å². The molecule has 0 bridgehead atoms. The molecule has 3 aromatic rings. The van der Waals surface area contributed by atoms with Gasteiger partial charge in [-0.15, -0.1) is 11.8 Å². The molecule has 1 aliphatic rings. The van der Waals surface area contributed by atoms with E-state index in [0.29, 0.717) is 17.3 Å². The third-order valence-corrected chi connectivity index (χ3v) is 5.06. The summed E-state index contributed by atoms with van der Waals surface area (Å²) < 4.78 is 24.6. The number of hydrogen-bond donors (Lipinski definition) is 0. The molecular weight excluding hydrogens is 381 g/mol. The molecular formula is C20H16FN3O3S. The minimum atomic E-state index is -0.424.